The number of fused-ring (bicyclic) bond motifs is 1. The average molecular weight is 164 g/mol. The van der Waals surface area contributed by atoms with Crippen molar-refractivity contribution in [3.8, 4) is 5.75 Å². The molecule has 3 N–H and O–H groups in total. The molecule has 1 aromatic carbocycles. The third kappa shape index (κ3) is 1.23. The Morgan fingerprint density at radius 3 is 3.17 bits per heavy atom. The van der Waals surface area contributed by atoms with Gasteiger partial charge in [-0.15, -0.1) is 0 Å². The molecular formula is C9H12N2O. The molecule has 0 bridgehead atoms. The number of nitrogens with two attached hydrogens (primary N) is 1. The minimum absolute atomic E-state index is 0.836. The van der Waals surface area contributed by atoms with Crippen LogP contribution in [-0.4, -0.2) is 6.61 Å². The second-order valence-electron chi connectivity index (χ2n) is 2.92. The molecule has 0 atom stereocenters. The quantitative estimate of drug-likeness (QED) is 0.485. The molecule has 0 unspecified atom stereocenters. The van der Waals surface area contributed by atoms with E-state index in [2.05, 4.69) is 5.43 Å². The van der Waals surface area contributed by atoms with E-state index in [4.69, 9.17) is 10.6 Å². The molecule has 0 amide bonds. The highest BCUT2D eigenvalue weighted by Crippen LogP contribution is 2.26. The van der Waals surface area contributed by atoms with Crippen LogP contribution in [0.25, 0.3) is 0 Å². The van der Waals surface area contributed by atoms with Gasteiger partial charge >= 0.3 is 0 Å². The Labute approximate surface area is 71.5 Å². The zero-order valence-corrected chi connectivity index (χ0v) is 6.84. The lowest BCUT2D eigenvalue weighted by Gasteiger charge is -2.17. The van der Waals surface area contributed by atoms with Gasteiger partial charge < -0.3 is 10.2 Å². The number of aryl methyl sites for hydroxylation is 1. The summed E-state index contributed by atoms with van der Waals surface area (Å²) in [6.45, 7) is 0.836. The first-order valence-corrected chi connectivity index (χ1v) is 4.12. The summed E-state index contributed by atoms with van der Waals surface area (Å²) in [6.07, 6.45) is 2.19. The van der Waals surface area contributed by atoms with E-state index in [1.807, 2.05) is 18.2 Å². The fraction of sp³-hybridized carbons (Fsp3) is 0.333. The van der Waals surface area contributed by atoms with Gasteiger partial charge in [-0.25, -0.2) is 0 Å². The summed E-state index contributed by atoms with van der Waals surface area (Å²) in [5.41, 5.74) is 4.81. The molecule has 2 rings (SSSR count). The molecule has 0 radical (unpaired) electrons. The number of nitrogen functional groups attached to an aromatic ring is 1. The number of rotatable bonds is 1. The van der Waals surface area contributed by atoms with Crippen LogP contribution in [-0.2, 0) is 6.42 Å². The maximum Gasteiger partial charge on any atom is 0.122 e. The first-order chi connectivity index (χ1) is 5.90. The lowest BCUT2D eigenvalue weighted by molar-refractivity contribution is 0.288. The van der Waals surface area contributed by atoms with Gasteiger partial charge in [-0.2, -0.15) is 0 Å². The molecule has 1 aromatic rings. The fourth-order valence-corrected chi connectivity index (χ4v) is 1.45. The molecule has 12 heavy (non-hydrogen) atoms. The van der Waals surface area contributed by atoms with E-state index in [0.29, 0.717) is 0 Å². The highest BCUT2D eigenvalue weighted by Gasteiger charge is 2.09. The molecule has 0 aliphatic carbocycles. The van der Waals surface area contributed by atoms with Crippen molar-refractivity contribution in [3.63, 3.8) is 0 Å². The lowest BCUT2D eigenvalue weighted by atomic mass is 10.1. The number of benzene rings is 1. The normalized spacial score (nSPS) is 14.8. The van der Waals surface area contributed by atoms with Crippen molar-refractivity contribution in [3.05, 3.63) is 23.8 Å². The van der Waals surface area contributed by atoms with Crippen molar-refractivity contribution in [1.29, 1.82) is 0 Å². The number of hydrogen-bond acceptors (Lipinski definition) is 3. The van der Waals surface area contributed by atoms with E-state index in [9.17, 15) is 0 Å². The van der Waals surface area contributed by atoms with Crippen LogP contribution < -0.4 is 16.0 Å². The SMILES string of the molecule is NNc1ccc2c(c1)CCCO2. The Balaban J connectivity index is 2.36. The van der Waals surface area contributed by atoms with Crippen molar-refractivity contribution in [2.75, 3.05) is 12.0 Å². The minimum Gasteiger partial charge on any atom is -0.493 e. The number of ether oxygens (including phenoxy) is 1. The topological polar surface area (TPSA) is 47.3 Å². The van der Waals surface area contributed by atoms with E-state index in [0.717, 1.165) is 30.9 Å². The van der Waals surface area contributed by atoms with E-state index < -0.39 is 0 Å². The van der Waals surface area contributed by atoms with Crippen LogP contribution in [0, 0.1) is 0 Å². The van der Waals surface area contributed by atoms with Gasteiger partial charge in [-0.1, -0.05) is 0 Å². The summed E-state index contributed by atoms with van der Waals surface area (Å²) in [5.74, 6) is 6.29. The van der Waals surface area contributed by atoms with Crippen molar-refractivity contribution in [2.24, 2.45) is 5.84 Å². The van der Waals surface area contributed by atoms with E-state index in [1.54, 1.807) is 0 Å². The Hall–Kier alpha value is -1.22. The second-order valence-corrected chi connectivity index (χ2v) is 2.92. The summed E-state index contributed by atoms with van der Waals surface area (Å²) < 4.78 is 5.45. The molecule has 1 heterocycles. The van der Waals surface area contributed by atoms with Gasteiger partial charge in [0.05, 0.1) is 6.61 Å². The summed E-state index contributed by atoms with van der Waals surface area (Å²) in [6, 6.07) is 5.92. The summed E-state index contributed by atoms with van der Waals surface area (Å²) >= 11 is 0. The van der Waals surface area contributed by atoms with Crippen LogP contribution >= 0.6 is 0 Å². The first-order valence-electron chi connectivity index (χ1n) is 4.12. The third-order valence-corrected chi connectivity index (χ3v) is 2.08. The number of hydrogen-bond donors (Lipinski definition) is 2. The van der Waals surface area contributed by atoms with Crippen LogP contribution in [0.1, 0.15) is 12.0 Å². The predicted octanol–water partition coefficient (Wildman–Crippen LogP) is 1.30. The molecule has 0 saturated carbocycles. The average Bonchev–Trinajstić information content (AvgIpc) is 2.17. The van der Waals surface area contributed by atoms with Gasteiger partial charge in [0, 0.05) is 5.69 Å². The van der Waals surface area contributed by atoms with E-state index in [-0.39, 0.29) is 0 Å². The van der Waals surface area contributed by atoms with Gasteiger partial charge in [-0.3, -0.25) is 5.84 Å². The van der Waals surface area contributed by atoms with Crippen LogP contribution in [0.4, 0.5) is 5.69 Å². The summed E-state index contributed by atoms with van der Waals surface area (Å²) in [7, 11) is 0. The van der Waals surface area contributed by atoms with Gasteiger partial charge in [0.25, 0.3) is 0 Å². The van der Waals surface area contributed by atoms with Crippen LogP contribution in [0.2, 0.25) is 0 Å². The second kappa shape index (κ2) is 3.03. The monoisotopic (exact) mass is 164 g/mol. The van der Waals surface area contributed by atoms with Crippen LogP contribution in [0.5, 0.6) is 5.75 Å². The van der Waals surface area contributed by atoms with Gasteiger partial charge in [0.1, 0.15) is 5.75 Å². The molecule has 0 saturated heterocycles. The van der Waals surface area contributed by atoms with Crippen LogP contribution in [0.15, 0.2) is 18.2 Å². The zero-order valence-electron chi connectivity index (χ0n) is 6.84. The van der Waals surface area contributed by atoms with E-state index >= 15 is 0 Å². The Bertz CT molecular complexity index is 286. The molecule has 3 nitrogen and oxygen atoms in total. The van der Waals surface area contributed by atoms with Crippen molar-refractivity contribution in [1.82, 2.24) is 0 Å². The largest absolute Gasteiger partial charge is 0.493 e. The maximum atomic E-state index is 5.45. The van der Waals surface area contributed by atoms with Gasteiger partial charge in [-0.05, 0) is 36.6 Å². The molecule has 0 fully saturated rings. The Kier molecular flexibility index (Phi) is 1.87. The Morgan fingerprint density at radius 1 is 1.42 bits per heavy atom. The van der Waals surface area contributed by atoms with Crippen LogP contribution in [0.3, 0.4) is 0 Å². The molecule has 64 valence electrons. The number of anilines is 1. The first kappa shape index (κ1) is 7.43. The highest BCUT2D eigenvalue weighted by atomic mass is 16.5. The maximum absolute atomic E-state index is 5.45. The van der Waals surface area contributed by atoms with Crippen molar-refractivity contribution in [2.45, 2.75) is 12.8 Å². The number of hydrazine groups is 1. The molecule has 0 aromatic heterocycles. The molecule has 0 spiro atoms. The van der Waals surface area contributed by atoms with Crippen molar-refractivity contribution >= 4 is 5.69 Å². The zero-order chi connectivity index (χ0) is 8.39. The lowest BCUT2D eigenvalue weighted by Crippen LogP contribution is -2.11. The number of nitrogens with one attached hydrogen (secondary N) is 1. The third-order valence-electron chi connectivity index (χ3n) is 2.08. The predicted molar refractivity (Wildman–Crippen MR) is 48.1 cm³/mol. The molecular weight excluding hydrogens is 152 g/mol. The minimum atomic E-state index is 0.836. The van der Waals surface area contributed by atoms with Gasteiger partial charge in [0.2, 0.25) is 0 Å². The standard InChI is InChI=1S/C9H12N2O/c10-11-8-3-4-9-7(6-8)2-1-5-12-9/h3-4,6,11H,1-2,5,10H2. The highest BCUT2D eigenvalue weighted by molar-refractivity contribution is 5.50. The molecule has 1 aliphatic rings. The molecule has 1 aliphatic heterocycles. The summed E-state index contributed by atoms with van der Waals surface area (Å²) in [5, 5.41) is 0. The smallest absolute Gasteiger partial charge is 0.122 e. The van der Waals surface area contributed by atoms with Gasteiger partial charge in [0.15, 0.2) is 0 Å². The fourth-order valence-electron chi connectivity index (χ4n) is 1.45. The van der Waals surface area contributed by atoms with E-state index in [1.165, 1.54) is 5.56 Å². The Morgan fingerprint density at radius 2 is 2.33 bits per heavy atom. The molecule has 3 heteroatoms. The summed E-state index contributed by atoms with van der Waals surface area (Å²) in [4.78, 5) is 0. The van der Waals surface area contributed by atoms with Crippen molar-refractivity contribution < 1.29 is 4.74 Å².